The highest BCUT2D eigenvalue weighted by Crippen LogP contribution is 2.25. The Balaban J connectivity index is 1.72. The lowest BCUT2D eigenvalue weighted by molar-refractivity contribution is -0.125. The molecule has 6 nitrogen and oxygen atoms in total. The van der Waals surface area contributed by atoms with Crippen LogP contribution in [0.3, 0.4) is 0 Å². The number of methoxy groups -OCH3 is 1. The normalized spacial score (nSPS) is 19.2. The number of benzene rings is 1. The van der Waals surface area contributed by atoms with Crippen LogP contribution in [-0.2, 0) is 11.3 Å². The molecule has 1 fully saturated rings. The van der Waals surface area contributed by atoms with Crippen molar-refractivity contribution in [1.82, 2.24) is 15.1 Å². The first kappa shape index (κ1) is 15.9. The fraction of sp³-hybridized carbons (Fsp3) is 0.438. The molecule has 3 rings (SSSR count). The molecule has 0 N–H and O–H groups in total. The number of nitrogens with zero attached hydrogens (tertiary/aromatic N) is 4. The predicted molar refractivity (Wildman–Crippen MR) is 89.9 cm³/mol. The topological polar surface area (TPSA) is 58.6 Å². The molecular weight excluding hydrogens is 312 g/mol. The second-order valence-corrected chi connectivity index (χ2v) is 6.82. The highest BCUT2D eigenvalue weighted by atomic mass is 32.1. The van der Waals surface area contributed by atoms with Gasteiger partial charge in [-0.05, 0) is 26.0 Å². The Labute approximate surface area is 139 Å². The van der Waals surface area contributed by atoms with Crippen LogP contribution in [0.5, 0.6) is 5.75 Å². The average molecular weight is 332 g/mol. The van der Waals surface area contributed by atoms with Crippen molar-refractivity contribution in [2.75, 3.05) is 25.1 Å². The number of carbonyl (C=O) groups is 1. The predicted octanol–water partition coefficient (Wildman–Crippen LogP) is 2.09. The number of hydrogen-bond donors (Lipinski definition) is 0. The molecule has 0 radical (unpaired) electrons. The number of aromatic nitrogens is 2. The molecule has 0 saturated carbocycles. The molecule has 1 atom stereocenters. The quantitative estimate of drug-likeness (QED) is 0.858. The van der Waals surface area contributed by atoms with E-state index in [0.29, 0.717) is 13.1 Å². The van der Waals surface area contributed by atoms with Crippen LogP contribution >= 0.6 is 11.3 Å². The van der Waals surface area contributed by atoms with E-state index in [1.807, 2.05) is 43.0 Å². The lowest BCUT2D eigenvalue weighted by atomic mass is 10.1. The van der Waals surface area contributed by atoms with Crippen LogP contribution in [0, 0.1) is 6.92 Å². The van der Waals surface area contributed by atoms with Gasteiger partial charge in [-0.15, -0.1) is 21.5 Å². The monoisotopic (exact) mass is 332 g/mol. The molecule has 1 saturated heterocycles. The molecule has 2 heterocycles. The van der Waals surface area contributed by atoms with Crippen molar-refractivity contribution in [3.05, 3.63) is 34.3 Å². The molecule has 7 heteroatoms. The van der Waals surface area contributed by atoms with Crippen molar-refractivity contribution in [3.8, 4) is 5.75 Å². The van der Waals surface area contributed by atoms with E-state index in [0.717, 1.165) is 28.0 Å². The summed E-state index contributed by atoms with van der Waals surface area (Å²) in [4.78, 5) is 16.7. The Bertz CT molecular complexity index is 703. The van der Waals surface area contributed by atoms with E-state index in [2.05, 4.69) is 15.1 Å². The zero-order valence-corrected chi connectivity index (χ0v) is 14.3. The highest BCUT2D eigenvalue weighted by molar-refractivity contribution is 7.11. The summed E-state index contributed by atoms with van der Waals surface area (Å²) >= 11 is 1.58. The first-order valence-electron chi connectivity index (χ1n) is 7.57. The largest absolute Gasteiger partial charge is 0.497 e. The van der Waals surface area contributed by atoms with E-state index in [4.69, 9.17) is 4.74 Å². The van der Waals surface area contributed by atoms with E-state index < -0.39 is 0 Å². The van der Waals surface area contributed by atoms with Gasteiger partial charge in [-0.2, -0.15) is 0 Å². The third kappa shape index (κ3) is 3.35. The number of hydrogen-bond acceptors (Lipinski definition) is 6. The zero-order chi connectivity index (χ0) is 16.4. The first-order valence-corrected chi connectivity index (χ1v) is 8.38. The summed E-state index contributed by atoms with van der Waals surface area (Å²) in [6.07, 6.45) is 0. The van der Waals surface area contributed by atoms with Gasteiger partial charge in [-0.1, -0.05) is 6.07 Å². The fourth-order valence-electron chi connectivity index (χ4n) is 2.74. The van der Waals surface area contributed by atoms with Crippen molar-refractivity contribution in [2.24, 2.45) is 0 Å². The Morgan fingerprint density at radius 1 is 1.35 bits per heavy atom. The molecular formula is C16H20N4O2S. The van der Waals surface area contributed by atoms with E-state index in [1.54, 1.807) is 18.4 Å². The van der Waals surface area contributed by atoms with Crippen molar-refractivity contribution in [1.29, 1.82) is 0 Å². The van der Waals surface area contributed by atoms with Crippen LogP contribution in [-0.4, -0.2) is 47.2 Å². The minimum atomic E-state index is -0.181. The van der Waals surface area contributed by atoms with Gasteiger partial charge in [0.15, 0.2) is 0 Å². The average Bonchev–Trinajstić information content (AvgIpc) is 2.97. The smallest absolute Gasteiger partial charge is 0.244 e. The molecule has 1 aliphatic rings. The van der Waals surface area contributed by atoms with Crippen LogP contribution in [0.25, 0.3) is 0 Å². The van der Waals surface area contributed by atoms with Gasteiger partial charge in [0.2, 0.25) is 5.91 Å². The molecule has 0 unspecified atom stereocenters. The third-order valence-electron chi connectivity index (χ3n) is 4.05. The summed E-state index contributed by atoms with van der Waals surface area (Å²) in [7, 11) is 1.63. The van der Waals surface area contributed by atoms with Crippen molar-refractivity contribution >= 4 is 22.9 Å². The van der Waals surface area contributed by atoms with Gasteiger partial charge in [-0.3, -0.25) is 9.69 Å². The standard InChI is InChI=1S/C16H20N4O2S/c1-11-16(21)20(13-5-4-6-14(9-13)22-3)8-7-19(11)10-15-18-17-12(2)23-15/h4-6,9,11H,7-8,10H2,1-3H3/t11-/m0/s1. The van der Waals surface area contributed by atoms with E-state index in [9.17, 15) is 4.79 Å². The third-order valence-corrected chi connectivity index (χ3v) is 4.88. The Morgan fingerprint density at radius 3 is 2.87 bits per heavy atom. The molecule has 1 aliphatic heterocycles. The SMILES string of the molecule is COc1cccc(N2CCN(Cc3nnc(C)s3)[C@@H](C)C2=O)c1. The summed E-state index contributed by atoms with van der Waals surface area (Å²) in [5.74, 6) is 0.862. The maximum atomic E-state index is 12.7. The lowest BCUT2D eigenvalue weighted by Gasteiger charge is -2.38. The number of carbonyl (C=O) groups excluding carboxylic acids is 1. The highest BCUT2D eigenvalue weighted by Gasteiger charge is 2.32. The number of rotatable bonds is 4. The lowest BCUT2D eigenvalue weighted by Crippen LogP contribution is -2.55. The zero-order valence-electron chi connectivity index (χ0n) is 13.5. The van der Waals surface area contributed by atoms with Gasteiger partial charge < -0.3 is 9.64 Å². The summed E-state index contributed by atoms with van der Waals surface area (Å²) in [6, 6.07) is 7.44. The van der Waals surface area contributed by atoms with Gasteiger partial charge in [0.25, 0.3) is 0 Å². The number of anilines is 1. The Kier molecular flexibility index (Phi) is 4.58. The second-order valence-electron chi connectivity index (χ2n) is 5.55. The number of ether oxygens (including phenoxy) is 1. The maximum Gasteiger partial charge on any atom is 0.244 e. The summed E-state index contributed by atoms with van der Waals surface area (Å²) in [5.41, 5.74) is 0.882. The van der Waals surface area contributed by atoms with Gasteiger partial charge in [-0.25, -0.2) is 0 Å². The molecule has 0 aliphatic carbocycles. The van der Waals surface area contributed by atoms with Crippen LogP contribution in [0.1, 0.15) is 16.9 Å². The van der Waals surface area contributed by atoms with Crippen LogP contribution in [0.4, 0.5) is 5.69 Å². The molecule has 1 aromatic heterocycles. The molecule has 1 aromatic carbocycles. The van der Waals surface area contributed by atoms with E-state index in [1.165, 1.54) is 0 Å². The van der Waals surface area contributed by atoms with Crippen molar-refractivity contribution in [2.45, 2.75) is 26.4 Å². The van der Waals surface area contributed by atoms with Crippen LogP contribution in [0.15, 0.2) is 24.3 Å². The Morgan fingerprint density at radius 2 is 2.17 bits per heavy atom. The van der Waals surface area contributed by atoms with Gasteiger partial charge in [0.05, 0.1) is 19.7 Å². The summed E-state index contributed by atoms with van der Waals surface area (Å²) in [5, 5.41) is 10.1. The first-order chi connectivity index (χ1) is 11.1. The minimum absolute atomic E-state index is 0.103. The van der Waals surface area contributed by atoms with Gasteiger partial charge in [0.1, 0.15) is 15.8 Å². The molecule has 0 bridgehead atoms. The fourth-order valence-corrected chi connectivity index (χ4v) is 3.47. The maximum absolute atomic E-state index is 12.7. The van der Waals surface area contributed by atoms with Crippen molar-refractivity contribution < 1.29 is 9.53 Å². The van der Waals surface area contributed by atoms with Crippen LogP contribution < -0.4 is 9.64 Å². The summed E-state index contributed by atoms with van der Waals surface area (Å²) in [6.45, 7) is 6.03. The molecule has 0 spiro atoms. The molecule has 122 valence electrons. The van der Waals surface area contributed by atoms with Gasteiger partial charge >= 0.3 is 0 Å². The number of aryl methyl sites for hydroxylation is 1. The van der Waals surface area contributed by atoms with Crippen molar-refractivity contribution in [3.63, 3.8) is 0 Å². The van der Waals surface area contributed by atoms with E-state index in [-0.39, 0.29) is 11.9 Å². The van der Waals surface area contributed by atoms with Crippen LogP contribution in [0.2, 0.25) is 0 Å². The Hall–Kier alpha value is -1.99. The molecule has 1 amide bonds. The van der Waals surface area contributed by atoms with E-state index >= 15 is 0 Å². The number of piperazine rings is 1. The molecule has 23 heavy (non-hydrogen) atoms. The second kappa shape index (κ2) is 6.64. The van der Waals surface area contributed by atoms with Gasteiger partial charge in [0, 0.05) is 24.8 Å². The summed E-state index contributed by atoms with van der Waals surface area (Å²) < 4.78 is 5.25. The molecule has 2 aromatic rings. The number of amides is 1. The minimum Gasteiger partial charge on any atom is -0.497 e.